The minimum atomic E-state index is 0.716. The largest absolute Gasteiger partial charge is 0.308 e. The summed E-state index contributed by atoms with van der Waals surface area (Å²) >= 11 is 6.21. The Labute approximate surface area is 119 Å². The monoisotopic (exact) mass is 277 g/mol. The molecule has 0 saturated heterocycles. The molecule has 2 aromatic rings. The highest BCUT2D eigenvalue weighted by Crippen LogP contribution is 2.18. The lowest BCUT2D eigenvalue weighted by Gasteiger charge is -2.09. The Bertz CT molecular complexity index is 561. The second kappa shape index (κ2) is 6.22. The molecule has 0 amide bonds. The first-order valence-electron chi connectivity index (χ1n) is 6.59. The van der Waals surface area contributed by atoms with E-state index in [2.05, 4.69) is 41.6 Å². The minimum Gasteiger partial charge on any atom is -0.308 e. The fraction of sp³-hybridized carbons (Fsp3) is 0.400. The fourth-order valence-corrected chi connectivity index (χ4v) is 2.51. The van der Waals surface area contributed by atoms with Crippen LogP contribution in [0.4, 0.5) is 0 Å². The first-order chi connectivity index (χ1) is 9.13. The zero-order valence-electron chi connectivity index (χ0n) is 11.7. The van der Waals surface area contributed by atoms with Crippen molar-refractivity contribution in [2.45, 2.75) is 33.4 Å². The SMILES string of the molecule is CCc1ccccc1CNCc1c(C)nn(C)c1Cl. The molecular formula is C15H20ClN3. The number of aryl methyl sites for hydroxylation is 3. The maximum atomic E-state index is 6.21. The van der Waals surface area contributed by atoms with Gasteiger partial charge in [-0.3, -0.25) is 4.68 Å². The van der Waals surface area contributed by atoms with Crippen LogP contribution >= 0.6 is 11.6 Å². The van der Waals surface area contributed by atoms with Crippen molar-refractivity contribution in [3.63, 3.8) is 0 Å². The summed E-state index contributed by atoms with van der Waals surface area (Å²) in [6.07, 6.45) is 1.06. The number of halogens is 1. The lowest BCUT2D eigenvalue weighted by molar-refractivity contribution is 0.685. The van der Waals surface area contributed by atoms with Crippen LogP contribution in [-0.2, 0) is 26.6 Å². The molecule has 0 unspecified atom stereocenters. The Morgan fingerprint density at radius 1 is 1.21 bits per heavy atom. The van der Waals surface area contributed by atoms with Crippen molar-refractivity contribution in [3.8, 4) is 0 Å². The summed E-state index contributed by atoms with van der Waals surface area (Å²) in [5, 5.41) is 8.48. The van der Waals surface area contributed by atoms with E-state index in [1.807, 2.05) is 14.0 Å². The Morgan fingerprint density at radius 2 is 1.89 bits per heavy atom. The maximum absolute atomic E-state index is 6.21. The van der Waals surface area contributed by atoms with E-state index in [0.29, 0.717) is 5.15 Å². The first kappa shape index (κ1) is 14.1. The van der Waals surface area contributed by atoms with E-state index in [4.69, 9.17) is 11.6 Å². The molecule has 1 aromatic heterocycles. The van der Waals surface area contributed by atoms with Gasteiger partial charge < -0.3 is 5.32 Å². The van der Waals surface area contributed by atoms with Crippen LogP contribution in [0.2, 0.25) is 5.15 Å². The average Bonchev–Trinajstić information content (AvgIpc) is 2.65. The molecule has 1 heterocycles. The van der Waals surface area contributed by atoms with E-state index in [0.717, 1.165) is 30.8 Å². The summed E-state index contributed by atoms with van der Waals surface area (Å²) in [7, 11) is 1.87. The molecule has 0 aliphatic heterocycles. The van der Waals surface area contributed by atoms with Crippen molar-refractivity contribution in [3.05, 3.63) is 51.8 Å². The second-order valence-corrected chi connectivity index (χ2v) is 5.06. The van der Waals surface area contributed by atoms with Crippen molar-refractivity contribution >= 4 is 11.6 Å². The summed E-state index contributed by atoms with van der Waals surface area (Å²) in [6, 6.07) is 8.52. The molecule has 0 aliphatic rings. The van der Waals surface area contributed by atoms with Crippen LogP contribution in [-0.4, -0.2) is 9.78 Å². The third-order valence-corrected chi connectivity index (χ3v) is 3.86. The highest BCUT2D eigenvalue weighted by molar-refractivity contribution is 6.30. The van der Waals surface area contributed by atoms with Gasteiger partial charge in [0.05, 0.1) is 5.69 Å². The number of hydrogen-bond acceptors (Lipinski definition) is 2. The summed E-state index contributed by atoms with van der Waals surface area (Å²) in [5.74, 6) is 0. The van der Waals surface area contributed by atoms with E-state index < -0.39 is 0 Å². The molecule has 4 heteroatoms. The van der Waals surface area contributed by atoms with Crippen molar-refractivity contribution in [2.75, 3.05) is 0 Å². The molecule has 0 bridgehead atoms. The van der Waals surface area contributed by atoms with Gasteiger partial charge in [-0.2, -0.15) is 5.10 Å². The van der Waals surface area contributed by atoms with Gasteiger partial charge in [0.15, 0.2) is 0 Å². The fourth-order valence-electron chi connectivity index (χ4n) is 2.27. The minimum absolute atomic E-state index is 0.716. The molecule has 0 aliphatic carbocycles. The van der Waals surface area contributed by atoms with E-state index in [1.54, 1.807) is 4.68 Å². The number of rotatable bonds is 5. The standard InChI is InChI=1S/C15H20ClN3/c1-4-12-7-5-6-8-13(12)9-17-10-14-11(2)18-19(3)15(14)16/h5-8,17H,4,9-10H2,1-3H3. The maximum Gasteiger partial charge on any atom is 0.131 e. The van der Waals surface area contributed by atoms with Crippen LogP contribution in [0.5, 0.6) is 0 Å². The van der Waals surface area contributed by atoms with Crippen LogP contribution in [0.3, 0.4) is 0 Å². The van der Waals surface area contributed by atoms with Crippen LogP contribution in [0.1, 0.15) is 29.3 Å². The quantitative estimate of drug-likeness (QED) is 0.909. The predicted molar refractivity (Wildman–Crippen MR) is 79.3 cm³/mol. The molecule has 1 N–H and O–H groups in total. The topological polar surface area (TPSA) is 29.9 Å². The van der Waals surface area contributed by atoms with Crippen molar-refractivity contribution in [1.29, 1.82) is 0 Å². The zero-order valence-corrected chi connectivity index (χ0v) is 12.5. The predicted octanol–water partition coefficient (Wildman–Crippen LogP) is 3.23. The lowest BCUT2D eigenvalue weighted by atomic mass is 10.1. The summed E-state index contributed by atoms with van der Waals surface area (Å²) in [6.45, 7) is 5.77. The van der Waals surface area contributed by atoms with E-state index in [9.17, 15) is 0 Å². The molecule has 19 heavy (non-hydrogen) atoms. The Balaban J connectivity index is 2.00. The summed E-state index contributed by atoms with van der Waals surface area (Å²) in [4.78, 5) is 0. The Morgan fingerprint density at radius 3 is 2.47 bits per heavy atom. The number of nitrogens with zero attached hydrogens (tertiary/aromatic N) is 2. The first-order valence-corrected chi connectivity index (χ1v) is 6.96. The Hall–Kier alpha value is -1.32. The summed E-state index contributed by atoms with van der Waals surface area (Å²) < 4.78 is 1.72. The average molecular weight is 278 g/mol. The van der Waals surface area contributed by atoms with Gasteiger partial charge in [0, 0.05) is 25.7 Å². The van der Waals surface area contributed by atoms with E-state index >= 15 is 0 Å². The van der Waals surface area contributed by atoms with Crippen LogP contribution < -0.4 is 5.32 Å². The van der Waals surface area contributed by atoms with Gasteiger partial charge in [-0.15, -0.1) is 0 Å². The molecule has 3 nitrogen and oxygen atoms in total. The molecule has 2 rings (SSSR count). The highest BCUT2D eigenvalue weighted by atomic mass is 35.5. The van der Waals surface area contributed by atoms with Crippen molar-refractivity contribution < 1.29 is 0 Å². The Kier molecular flexibility index (Phi) is 4.61. The zero-order chi connectivity index (χ0) is 13.8. The van der Waals surface area contributed by atoms with Crippen LogP contribution in [0.15, 0.2) is 24.3 Å². The normalized spacial score (nSPS) is 10.9. The van der Waals surface area contributed by atoms with Gasteiger partial charge in [0.25, 0.3) is 0 Å². The lowest BCUT2D eigenvalue weighted by Crippen LogP contribution is -2.14. The van der Waals surface area contributed by atoms with Crippen LogP contribution in [0, 0.1) is 6.92 Å². The van der Waals surface area contributed by atoms with Gasteiger partial charge in [0.1, 0.15) is 5.15 Å². The van der Waals surface area contributed by atoms with Gasteiger partial charge >= 0.3 is 0 Å². The van der Waals surface area contributed by atoms with E-state index in [1.165, 1.54) is 11.1 Å². The van der Waals surface area contributed by atoms with Crippen molar-refractivity contribution in [1.82, 2.24) is 15.1 Å². The van der Waals surface area contributed by atoms with E-state index in [-0.39, 0.29) is 0 Å². The molecule has 102 valence electrons. The molecule has 0 radical (unpaired) electrons. The van der Waals surface area contributed by atoms with Gasteiger partial charge in [0.2, 0.25) is 0 Å². The van der Waals surface area contributed by atoms with Gasteiger partial charge in [-0.05, 0) is 24.5 Å². The highest BCUT2D eigenvalue weighted by Gasteiger charge is 2.10. The molecule has 0 atom stereocenters. The molecule has 0 saturated carbocycles. The third kappa shape index (κ3) is 3.17. The van der Waals surface area contributed by atoms with Crippen LogP contribution in [0.25, 0.3) is 0 Å². The van der Waals surface area contributed by atoms with Gasteiger partial charge in [-0.1, -0.05) is 42.8 Å². The summed E-state index contributed by atoms with van der Waals surface area (Å²) in [5.41, 5.74) is 4.81. The molecule has 1 aromatic carbocycles. The number of hydrogen-bond donors (Lipinski definition) is 1. The smallest absolute Gasteiger partial charge is 0.131 e. The number of benzene rings is 1. The number of aromatic nitrogens is 2. The molecule has 0 fully saturated rings. The number of nitrogens with one attached hydrogen (secondary N) is 1. The molecular weight excluding hydrogens is 258 g/mol. The third-order valence-electron chi connectivity index (χ3n) is 3.39. The second-order valence-electron chi connectivity index (χ2n) is 4.70. The van der Waals surface area contributed by atoms with Gasteiger partial charge in [-0.25, -0.2) is 0 Å². The molecule has 0 spiro atoms. The van der Waals surface area contributed by atoms with Crippen molar-refractivity contribution in [2.24, 2.45) is 7.05 Å².